The van der Waals surface area contributed by atoms with Gasteiger partial charge in [0.05, 0.1) is 0 Å². The number of nitrogens with one attached hydrogen (secondary N) is 1. The van der Waals surface area contributed by atoms with Crippen molar-refractivity contribution in [3.05, 3.63) is 35.6 Å². The Labute approximate surface area is 122 Å². The third-order valence-electron chi connectivity index (χ3n) is 4.50. The second kappa shape index (κ2) is 7.75. The molecule has 3 heteroatoms. The lowest BCUT2D eigenvalue weighted by Crippen LogP contribution is -2.41. The molecule has 0 aromatic heterocycles. The van der Waals surface area contributed by atoms with E-state index in [1.54, 1.807) is 12.1 Å². The van der Waals surface area contributed by atoms with E-state index in [0.717, 1.165) is 24.4 Å². The van der Waals surface area contributed by atoms with Crippen LogP contribution in [-0.2, 0) is 6.42 Å². The third kappa shape index (κ3) is 4.57. The van der Waals surface area contributed by atoms with Crippen LogP contribution in [-0.4, -0.2) is 37.6 Å². The van der Waals surface area contributed by atoms with E-state index >= 15 is 0 Å². The molecule has 1 saturated heterocycles. The number of hydrogen-bond donors (Lipinski definition) is 1. The summed E-state index contributed by atoms with van der Waals surface area (Å²) in [7, 11) is 2.02. The van der Waals surface area contributed by atoms with E-state index in [4.69, 9.17) is 0 Å². The van der Waals surface area contributed by atoms with Crippen molar-refractivity contribution in [2.24, 2.45) is 5.92 Å². The lowest BCUT2D eigenvalue weighted by molar-refractivity contribution is 0.137. The summed E-state index contributed by atoms with van der Waals surface area (Å²) in [5, 5.41) is 3.24. The van der Waals surface area contributed by atoms with Gasteiger partial charge in [0.25, 0.3) is 0 Å². The molecule has 0 radical (unpaired) electrons. The first-order valence-electron chi connectivity index (χ1n) is 7.82. The number of benzene rings is 1. The molecule has 1 heterocycles. The first kappa shape index (κ1) is 15.5. The molecule has 20 heavy (non-hydrogen) atoms. The van der Waals surface area contributed by atoms with Crippen molar-refractivity contribution in [1.82, 2.24) is 10.2 Å². The molecule has 2 nitrogen and oxygen atoms in total. The van der Waals surface area contributed by atoms with Crippen LogP contribution in [0.25, 0.3) is 0 Å². The van der Waals surface area contributed by atoms with Gasteiger partial charge in [0.15, 0.2) is 0 Å². The van der Waals surface area contributed by atoms with Crippen molar-refractivity contribution in [2.75, 3.05) is 26.7 Å². The Bertz CT molecular complexity index is 400. The molecule has 0 amide bonds. The Morgan fingerprint density at radius 3 is 2.75 bits per heavy atom. The van der Waals surface area contributed by atoms with E-state index in [-0.39, 0.29) is 5.82 Å². The minimum absolute atomic E-state index is 0.125. The molecule has 1 aromatic rings. The Balaban J connectivity index is 1.78. The van der Waals surface area contributed by atoms with E-state index < -0.39 is 0 Å². The zero-order chi connectivity index (χ0) is 14.4. The molecule has 1 fully saturated rings. The number of halogens is 1. The van der Waals surface area contributed by atoms with Crippen LogP contribution in [0.4, 0.5) is 4.39 Å². The van der Waals surface area contributed by atoms with Crippen LogP contribution < -0.4 is 5.32 Å². The fourth-order valence-corrected chi connectivity index (χ4v) is 3.16. The van der Waals surface area contributed by atoms with Crippen LogP contribution in [0.3, 0.4) is 0 Å². The average molecular weight is 278 g/mol. The molecule has 1 aromatic carbocycles. The predicted molar refractivity (Wildman–Crippen MR) is 82.4 cm³/mol. The molecule has 1 aliphatic rings. The second-order valence-electron chi connectivity index (χ2n) is 6.05. The van der Waals surface area contributed by atoms with Crippen LogP contribution in [0.2, 0.25) is 0 Å². The molecule has 0 spiro atoms. The van der Waals surface area contributed by atoms with Crippen LogP contribution in [0.5, 0.6) is 0 Å². The average Bonchev–Trinajstić information content (AvgIpc) is 2.45. The monoisotopic (exact) mass is 278 g/mol. The summed E-state index contributed by atoms with van der Waals surface area (Å²) in [6.45, 7) is 5.76. The molecule has 1 atom stereocenters. The maximum atomic E-state index is 13.2. The maximum absolute atomic E-state index is 13.2. The number of nitrogens with zero attached hydrogens (tertiary/aromatic N) is 1. The van der Waals surface area contributed by atoms with Crippen LogP contribution in [0.1, 0.15) is 31.7 Å². The summed E-state index contributed by atoms with van der Waals surface area (Å²) in [6, 6.07) is 7.51. The van der Waals surface area contributed by atoms with Gasteiger partial charge in [-0.2, -0.15) is 0 Å². The van der Waals surface area contributed by atoms with Crippen LogP contribution in [0, 0.1) is 11.7 Å². The van der Waals surface area contributed by atoms with Gasteiger partial charge in [0.1, 0.15) is 5.82 Å². The molecule has 1 N–H and O–H groups in total. The highest BCUT2D eigenvalue weighted by Crippen LogP contribution is 2.22. The molecule has 0 aliphatic carbocycles. The molecule has 2 rings (SSSR count). The Morgan fingerprint density at radius 1 is 1.35 bits per heavy atom. The van der Waals surface area contributed by atoms with E-state index in [2.05, 4.69) is 17.1 Å². The number of likely N-dealkylation sites (tertiary alicyclic amines) is 1. The van der Waals surface area contributed by atoms with Crippen LogP contribution >= 0.6 is 0 Å². The quantitative estimate of drug-likeness (QED) is 0.860. The highest BCUT2D eigenvalue weighted by molar-refractivity contribution is 5.17. The van der Waals surface area contributed by atoms with E-state index in [0.29, 0.717) is 6.04 Å². The van der Waals surface area contributed by atoms with Crippen molar-refractivity contribution >= 4 is 0 Å². The minimum atomic E-state index is -0.125. The van der Waals surface area contributed by atoms with Gasteiger partial charge in [-0.15, -0.1) is 0 Å². The zero-order valence-corrected chi connectivity index (χ0v) is 12.7. The standard InChI is InChI=1S/C17H27FN2/c1-14(12-16-4-3-5-17(18)13-16)20-10-7-15(8-11-20)6-9-19-2/h3-5,13-15,19H,6-12H2,1-2H3. The Morgan fingerprint density at radius 2 is 2.10 bits per heavy atom. The minimum Gasteiger partial charge on any atom is -0.320 e. The predicted octanol–water partition coefficient (Wildman–Crippen LogP) is 3.08. The van der Waals surface area contributed by atoms with Crippen molar-refractivity contribution in [3.8, 4) is 0 Å². The molecule has 0 bridgehead atoms. The summed E-state index contributed by atoms with van der Waals surface area (Å²) in [5.74, 6) is 0.751. The fraction of sp³-hybridized carbons (Fsp3) is 0.647. The van der Waals surface area contributed by atoms with Gasteiger partial charge < -0.3 is 10.2 Å². The molecule has 112 valence electrons. The lowest BCUT2D eigenvalue weighted by Gasteiger charge is -2.36. The molecular formula is C17H27FN2. The van der Waals surface area contributed by atoms with Gasteiger partial charge in [-0.1, -0.05) is 12.1 Å². The smallest absolute Gasteiger partial charge is 0.123 e. The SMILES string of the molecule is CNCCC1CCN(C(C)Cc2cccc(F)c2)CC1. The highest BCUT2D eigenvalue weighted by atomic mass is 19.1. The fourth-order valence-electron chi connectivity index (χ4n) is 3.16. The van der Waals surface area contributed by atoms with E-state index in [9.17, 15) is 4.39 Å². The van der Waals surface area contributed by atoms with Gasteiger partial charge in [0, 0.05) is 6.04 Å². The normalized spacial score (nSPS) is 19.1. The summed E-state index contributed by atoms with van der Waals surface area (Å²) in [5.41, 5.74) is 1.11. The van der Waals surface area contributed by atoms with Crippen molar-refractivity contribution in [1.29, 1.82) is 0 Å². The van der Waals surface area contributed by atoms with Gasteiger partial charge >= 0.3 is 0 Å². The first-order valence-corrected chi connectivity index (χ1v) is 7.82. The van der Waals surface area contributed by atoms with Crippen molar-refractivity contribution in [2.45, 2.75) is 38.6 Å². The lowest BCUT2D eigenvalue weighted by atomic mass is 9.92. The largest absolute Gasteiger partial charge is 0.320 e. The highest BCUT2D eigenvalue weighted by Gasteiger charge is 2.22. The molecule has 1 unspecified atom stereocenters. The summed E-state index contributed by atoms with van der Waals surface area (Å²) < 4.78 is 13.2. The maximum Gasteiger partial charge on any atom is 0.123 e. The zero-order valence-electron chi connectivity index (χ0n) is 12.7. The topological polar surface area (TPSA) is 15.3 Å². The summed E-state index contributed by atoms with van der Waals surface area (Å²) in [6.07, 6.45) is 4.84. The van der Waals surface area contributed by atoms with Gasteiger partial charge in [0.2, 0.25) is 0 Å². The third-order valence-corrected chi connectivity index (χ3v) is 4.50. The van der Waals surface area contributed by atoms with Crippen molar-refractivity contribution in [3.63, 3.8) is 0 Å². The molecule has 0 saturated carbocycles. The van der Waals surface area contributed by atoms with Gasteiger partial charge in [-0.05, 0) is 82.9 Å². The van der Waals surface area contributed by atoms with Gasteiger partial charge in [-0.25, -0.2) is 4.39 Å². The Hall–Kier alpha value is -0.930. The Kier molecular flexibility index (Phi) is 5.99. The van der Waals surface area contributed by atoms with Crippen LogP contribution in [0.15, 0.2) is 24.3 Å². The molecular weight excluding hydrogens is 251 g/mol. The number of hydrogen-bond acceptors (Lipinski definition) is 2. The summed E-state index contributed by atoms with van der Waals surface area (Å²) in [4.78, 5) is 2.56. The van der Waals surface area contributed by atoms with E-state index in [1.165, 1.54) is 38.4 Å². The molecule has 1 aliphatic heterocycles. The van der Waals surface area contributed by atoms with Gasteiger partial charge in [-0.3, -0.25) is 0 Å². The second-order valence-corrected chi connectivity index (χ2v) is 6.05. The number of piperidine rings is 1. The first-order chi connectivity index (χ1) is 9.69. The summed E-state index contributed by atoms with van der Waals surface area (Å²) >= 11 is 0. The number of rotatable bonds is 6. The van der Waals surface area contributed by atoms with E-state index in [1.807, 2.05) is 13.1 Å². The van der Waals surface area contributed by atoms with Crippen molar-refractivity contribution < 1.29 is 4.39 Å².